The second-order valence-corrected chi connectivity index (χ2v) is 5.45. The molecule has 8 nitrogen and oxygen atoms in total. The molecule has 0 unspecified atom stereocenters. The number of carbonyl (C=O) groups excluding carboxylic acids is 1. The molecule has 0 saturated carbocycles. The number of carbonyl (C=O) groups is 2. The Bertz CT molecular complexity index is 579. The summed E-state index contributed by atoms with van der Waals surface area (Å²) in [5, 5.41) is 11.5. The summed E-state index contributed by atoms with van der Waals surface area (Å²) in [5.41, 5.74) is 4.97. The number of nitrogens with two attached hydrogens (primary N) is 1. The van der Waals surface area contributed by atoms with Crippen LogP contribution in [0.1, 0.15) is 43.4 Å². The van der Waals surface area contributed by atoms with Crippen LogP contribution < -0.4 is 11.1 Å². The summed E-state index contributed by atoms with van der Waals surface area (Å²) < 4.78 is 5.08. The average Bonchev–Trinajstić information content (AvgIpc) is 2.37. The van der Waals surface area contributed by atoms with Crippen LogP contribution in [0.4, 0.5) is 10.6 Å². The first kappa shape index (κ1) is 17.4. The number of hydrogen-bond acceptors (Lipinski definition) is 6. The van der Waals surface area contributed by atoms with Crippen LogP contribution in [0.25, 0.3) is 6.08 Å². The first-order valence-electron chi connectivity index (χ1n) is 6.68. The van der Waals surface area contributed by atoms with E-state index in [1.165, 1.54) is 6.20 Å². The Morgan fingerprint density at radius 1 is 1.45 bits per heavy atom. The number of anilines is 1. The van der Waals surface area contributed by atoms with Crippen LogP contribution in [0, 0.1) is 0 Å². The molecule has 4 N–H and O–H groups in total. The average molecular weight is 308 g/mol. The number of nitrogens with one attached hydrogen (secondary N) is 1. The predicted molar refractivity (Wildman–Crippen MR) is 81.3 cm³/mol. The Morgan fingerprint density at radius 3 is 2.73 bits per heavy atom. The molecule has 0 aliphatic heterocycles. The number of carboxylic acid groups (broad SMARTS) is 1. The SMILES string of the molecule is CC(C)(C)OC(=O)NCCC=Cc1cnc(N)c(C(=O)O)n1. The zero-order valence-electron chi connectivity index (χ0n) is 12.8. The van der Waals surface area contributed by atoms with Gasteiger partial charge >= 0.3 is 12.1 Å². The van der Waals surface area contributed by atoms with Crippen LogP contribution in [0.15, 0.2) is 12.3 Å². The third-order valence-corrected chi connectivity index (χ3v) is 2.29. The minimum Gasteiger partial charge on any atom is -0.476 e. The number of amides is 1. The lowest BCUT2D eigenvalue weighted by Gasteiger charge is -2.19. The van der Waals surface area contributed by atoms with Crippen LogP contribution in [0.5, 0.6) is 0 Å². The normalized spacial score (nSPS) is 11.4. The maximum Gasteiger partial charge on any atom is 0.407 e. The summed E-state index contributed by atoms with van der Waals surface area (Å²) in [7, 11) is 0. The maximum atomic E-state index is 11.4. The van der Waals surface area contributed by atoms with Gasteiger partial charge in [-0.2, -0.15) is 0 Å². The molecule has 120 valence electrons. The van der Waals surface area contributed by atoms with E-state index < -0.39 is 17.7 Å². The highest BCUT2D eigenvalue weighted by Gasteiger charge is 2.15. The maximum absolute atomic E-state index is 11.4. The van der Waals surface area contributed by atoms with E-state index in [0.717, 1.165) is 0 Å². The Labute approximate surface area is 128 Å². The van der Waals surface area contributed by atoms with Crippen molar-refractivity contribution in [3.63, 3.8) is 0 Å². The van der Waals surface area contributed by atoms with E-state index in [-0.39, 0.29) is 11.5 Å². The third kappa shape index (κ3) is 6.21. The fraction of sp³-hybridized carbons (Fsp3) is 0.429. The van der Waals surface area contributed by atoms with Gasteiger partial charge in [0.2, 0.25) is 0 Å². The largest absolute Gasteiger partial charge is 0.476 e. The molecule has 1 amide bonds. The highest BCUT2D eigenvalue weighted by Crippen LogP contribution is 2.08. The minimum atomic E-state index is -1.23. The van der Waals surface area contributed by atoms with Crippen molar-refractivity contribution >= 4 is 24.0 Å². The molecule has 0 aliphatic carbocycles. The first-order valence-corrected chi connectivity index (χ1v) is 6.68. The van der Waals surface area contributed by atoms with E-state index in [0.29, 0.717) is 18.7 Å². The molecule has 0 atom stereocenters. The summed E-state index contributed by atoms with van der Waals surface area (Å²) in [6, 6.07) is 0. The molecule has 1 heterocycles. The molecule has 1 aromatic rings. The summed E-state index contributed by atoms with van der Waals surface area (Å²) in [4.78, 5) is 29.9. The highest BCUT2D eigenvalue weighted by molar-refractivity contribution is 5.90. The zero-order valence-corrected chi connectivity index (χ0v) is 12.8. The second-order valence-electron chi connectivity index (χ2n) is 5.45. The monoisotopic (exact) mass is 308 g/mol. The van der Waals surface area contributed by atoms with Gasteiger partial charge in [0.25, 0.3) is 0 Å². The van der Waals surface area contributed by atoms with Crippen molar-refractivity contribution in [3.05, 3.63) is 23.7 Å². The van der Waals surface area contributed by atoms with Crippen LogP contribution in [0.2, 0.25) is 0 Å². The van der Waals surface area contributed by atoms with E-state index in [9.17, 15) is 9.59 Å². The van der Waals surface area contributed by atoms with Crippen LogP contribution >= 0.6 is 0 Å². The van der Waals surface area contributed by atoms with E-state index >= 15 is 0 Å². The molecule has 0 spiro atoms. The molecule has 0 aromatic carbocycles. The number of nitrogens with zero attached hydrogens (tertiary/aromatic N) is 2. The lowest BCUT2D eigenvalue weighted by Crippen LogP contribution is -2.32. The first-order chi connectivity index (χ1) is 10.2. The molecular formula is C14H20N4O4. The van der Waals surface area contributed by atoms with E-state index in [1.54, 1.807) is 32.9 Å². The van der Waals surface area contributed by atoms with E-state index in [4.69, 9.17) is 15.6 Å². The molecule has 1 rings (SSSR count). The summed E-state index contributed by atoms with van der Waals surface area (Å²) in [6.07, 6.45) is 4.77. The Morgan fingerprint density at radius 2 is 2.14 bits per heavy atom. The lowest BCUT2D eigenvalue weighted by atomic mass is 10.2. The van der Waals surface area contributed by atoms with Crippen molar-refractivity contribution in [2.75, 3.05) is 12.3 Å². The quantitative estimate of drug-likeness (QED) is 0.706. The molecular weight excluding hydrogens is 288 g/mol. The molecule has 0 radical (unpaired) electrons. The standard InChI is InChI=1S/C14H20N4O4/c1-14(2,3)22-13(21)16-7-5-4-6-9-8-17-11(15)10(18-9)12(19)20/h4,6,8H,5,7H2,1-3H3,(H2,15,17)(H,16,21)(H,19,20). The Balaban J connectivity index is 2.45. The third-order valence-electron chi connectivity index (χ3n) is 2.29. The van der Waals surface area contributed by atoms with Crippen molar-refractivity contribution in [1.29, 1.82) is 0 Å². The van der Waals surface area contributed by atoms with Crippen LogP contribution in [0.3, 0.4) is 0 Å². The number of hydrogen-bond donors (Lipinski definition) is 3. The lowest BCUT2D eigenvalue weighted by molar-refractivity contribution is 0.0528. The van der Waals surface area contributed by atoms with Gasteiger partial charge in [-0.3, -0.25) is 0 Å². The van der Waals surface area contributed by atoms with Crippen molar-refractivity contribution in [2.24, 2.45) is 0 Å². The van der Waals surface area contributed by atoms with E-state index in [1.807, 2.05) is 0 Å². The van der Waals surface area contributed by atoms with Crippen LogP contribution in [-0.4, -0.2) is 39.3 Å². The van der Waals surface area contributed by atoms with Gasteiger partial charge < -0.3 is 20.9 Å². The van der Waals surface area contributed by atoms with Crippen molar-refractivity contribution < 1.29 is 19.4 Å². The molecule has 22 heavy (non-hydrogen) atoms. The van der Waals surface area contributed by atoms with Crippen molar-refractivity contribution in [2.45, 2.75) is 32.8 Å². The molecule has 0 aliphatic rings. The minimum absolute atomic E-state index is 0.128. The fourth-order valence-corrected chi connectivity index (χ4v) is 1.43. The second kappa shape index (κ2) is 7.39. The van der Waals surface area contributed by atoms with Gasteiger partial charge in [0.05, 0.1) is 11.9 Å². The molecule has 0 bridgehead atoms. The Hall–Kier alpha value is -2.64. The molecule has 8 heteroatoms. The van der Waals surface area contributed by atoms with Crippen molar-refractivity contribution in [1.82, 2.24) is 15.3 Å². The number of carboxylic acids is 1. The van der Waals surface area contributed by atoms with Crippen molar-refractivity contribution in [3.8, 4) is 0 Å². The Kier molecular flexibility index (Phi) is 5.85. The van der Waals surface area contributed by atoms with E-state index in [2.05, 4.69) is 15.3 Å². The molecule has 1 aromatic heterocycles. The highest BCUT2D eigenvalue weighted by atomic mass is 16.6. The fourth-order valence-electron chi connectivity index (χ4n) is 1.43. The number of alkyl carbamates (subject to hydrolysis) is 1. The smallest absolute Gasteiger partial charge is 0.407 e. The summed E-state index contributed by atoms with van der Waals surface area (Å²) in [6.45, 7) is 5.74. The topological polar surface area (TPSA) is 127 Å². The van der Waals surface area contributed by atoms with Crippen LogP contribution in [-0.2, 0) is 4.74 Å². The number of ether oxygens (including phenoxy) is 1. The molecule has 0 fully saturated rings. The van der Waals surface area contributed by atoms with Gasteiger partial charge in [-0.05, 0) is 33.3 Å². The summed E-state index contributed by atoms with van der Waals surface area (Å²) in [5.74, 6) is -1.36. The van der Waals surface area contributed by atoms with Gasteiger partial charge in [-0.1, -0.05) is 6.08 Å². The number of aromatic carboxylic acids is 1. The molecule has 0 saturated heterocycles. The van der Waals surface area contributed by atoms with Gasteiger partial charge in [0.15, 0.2) is 11.5 Å². The number of aromatic nitrogens is 2. The van der Waals surface area contributed by atoms with Gasteiger partial charge in [0, 0.05) is 6.54 Å². The number of nitrogen functional groups attached to an aromatic ring is 1. The summed E-state index contributed by atoms with van der Waals surface area (Å²) >= 11 is 0. The zero-order chi connectivity index (χ0) is 16.8. The van der Waals surface area contributed by atoms with Gasteiger partial charge in [-0.25, -0.2) is 19.6 Å². The van der Waals surface area contributed by atoms with Gasteiger partial charge in [0.1, 0.15) is 5.60 Å². The van der Waals surface area contributed by atoms with Gasteiger partial charge in [-0.15, -0.1) is 0 Å². The number of rotatable bonds is 5. The predicted octanol–water partition coefficient (Wildman–Crippen LogP) is 1.68.